The maximum absolute atomic E-state index is 13.2. The zero-order valence-electron chi connectivity index (χ0n) is 17.3. The first-order valence-corrected chi connectivity index (χ1v) is 11.2. The van der Waals surface area contributed by atoms with E-state index in [4.69, 9.17) is 30.5 Å². The third-order valence-electron chi connectivity index (χ3n) is 4.87. The van der Waals surface area contributed by atoms with Gasteiger partial charge in [-0.15, -0.1) is 11.3 Å². The summed E-state index contributed by atoms with van der Waals surface area (Å²) in [6.45, 7) is 3.62. The van der Waals surface area contributed by atoms with Crippen LogP contribution in [0.5, 0.6) is 11.5 Å². The number of hydrogen-bond donors (Lipinski definition) is 0. The van der Waals surface area contributed by atoms with Crippen molar-refractivity contribution in [2.45, 2.75) is 13.5 Å². The van der Waals surface area contributed by atoms with E-state index < -0.39 is 5.97 Å². The molecule has 0 unspecified atom stereocenters. The summed E-state index contributed by atoms with van der Waals surface area (Å²) in [7, 11) is 0. The third-order valence-corrected chi connectivity index (χ3v) is 6.21. The summed E-state index contributed by atoms with van der Waals surface area (Å²) in [5, 5.41) is 0.365. The molecule has 1 aromatic heterocycles. The molecule has 32 heavy (non-hydrogen) atoms. The monoisotopic (exact) mass is 480 g/mol. The highest BCUT2D eigenvalue weighted by molar-refractivity contribution is 7.07. The maximum atomic E-state index is 13.2. The highest BCUT2D eigenvalue weighted by Gasteiger charge is 2.20. The van der Waals surface area contributed by atoms with Crippen molar-refractivity contribution in [1.29, 1.82) is 0 Å². The van der Waals surface area contributed by atoms with Crippen LogP contribution in [0.1, 0.15) is 12.5 Å². The lowest BCUT2D eigenvalue weighted by molar-refractivity contribution is -0.136. The van der Waals surface area contributed by atoms with Crippen molar-refractivity contribution in [2.24, 2.45) is 0 Å². The Labute approximate surface area is 192 Å². The number of carbonyl (C=O) groups excluding carboxylic acids is 2. The number of nitrogens with zero attached hydrogens (tertiary/aromatic N) is 2. The fourth-order valence-electron chi connectivity index (χ4n) is 3.35. The van der Waals surface area contributed by atoms with E-state index in [1.165, 1.54) is 10.6 Å². The van der Waals surface area contributed by atoms with Crippen molar-refractivity contribution >= 4 is 47.0 Å². The van der Waals surface area contributed by atoms with Gasteiger partial charge in [0.15, 0.2) is 11.5 Å². The van der Waals surface area contributed by atoms with Gasteiger partial charge in [0.1, 0.15) is 11.2 Å². The first-order chi connectivity index (χ1) is 15.5. The summed E-state index contributed by atoms with van der Waals surface area (Å²) in [4.78, 5) is 39.6. The van der Waals surface area contributed by atoms with Crippen LogP contribution < -0.4 is 24.2 Å². The van der Waals surface area contributed by atoms with Crippen LogP contribution in [0.2, 0.25) is 5.02 Å². The lowest BCUT2D eigenvalue weighted by Crippen LogP contribution is -2.45. The number of morpholine rings is 1. The Balaban J connectivity index is 1.75. The van der Waals surface area contributed by atoms with Gasteiger partial charge in [0.2, 0.25) is 12.7 Å². The molecular formula is C21H21ClN2O7S. The average Bonchev–Trinajstić information content (AvgIpc) is 3.35. The Hall–Kier alpha value is -2.82. The molecule has 0 radical (unpaired) electrons. The number of halogens is 1. The van der Waals surface area contributed by atoms with Gasteiger partial charge < -0.3 is 23.8 Å². The van der Waals surface area contributed by atoms with E-state index in [0.717, 1.165) is 11.3 Å². The van der Waals surface area contributed by atoms with E-state index in [2.05, 4.69) is 0 Å². The quantitative estimate of drug-likeness (QED) is 0.569. The highest BCUT2D eigenvalue weighted by Crippen LogP contribution is 2.39. The van der Waals surface area contributed by atoms with E-state index in [0.29, 0.717) is 57.6 Å². The number of thiazole rings is 1. The van der Waals surface area contributed by atoms with Crippen LogP contribution in [0.3, 0.4) is 0 Å². The third kappa shape index (κ3) is 4.82. The SMILES string of the molecule is CCOC(=O)/C=c1\s/c(=C\c2cc(Cl)c3c(c2)OCO3)c(=O)n1CC(=O)N1CCOCC1. The van der Waals surface area contributed by atoms with Crippen LogP contribution >= 0.6 is 22.9 Å². The van der Waals surface area contributed by atoms with Crippen LogP contribution in [0.25, 0.3) is 12.2 Å². The van der Waals surface area contributed by atoms with Gasteiger partial charge in [-0.2, -0.15) is 0 Å². The molecule has 1 aromatic carbocycles. The van der Waals surface area contributed by atoms with Gasteiger partial charge >= 0.3 is 5.97 Å². The number of carbonyl (C=O) groups is 2. The van der Waals surface area contributed by atoms with Crippen LogP contribution in [0, 0.1) is 0 Å². The molecule has 1 fully saturated rings. The molecule has 2 aliphatic rings. The van der Waals surface area contributed by atoms with Crippen molar-refractivity contribution < 1.29 is 28.5 Å². The minimum Gasteiger partial charge on any atom is -0.463 e. The second kappa shape index (κ2) is 9.76. The second-order valence-corrected chi connectivity index (χ2v) is 8.44. The summed E-state index contributed by atoms with van der Waals surface area (Å²) in [5.74, 6) is 0.143. The molecule has 3 heterocycles. The predicted octanol–water partition coefficient (Wildman–Crippen LogP) is 0.323. The molecule has 2 aliphatic heterocycles. The standard InChI is InChI=1S/C21H21ClN2O7S/c1-2-29-19(26)10-18-24(11-17(25)23-3-5-28-6-4-23)21(27)16(32-18)9-13-7-14(22)20-15(8-13)30-12-31-20/h7-10H,2-6,11-12H2,1H3/b16-9-,18-10-. The first kappa shape index (κ1) is 22.4. The summed E-state index contributed by atoms with van der Waals surface area (Å²) < 4.78 is 22.9. The molecule has 0 saturated carbocycles. The largest absolute Gasteiger partial charge is 0.463 e. The minimum absolute atomic E-state index is 0.0760. The molecule has 1 amide bonds. The Kier molecular flexibility index (Phi) is 6.83. The van der Waals surface area contributed by atoms with Gasteiger partial charge in [-0.05, 0) is 30.7 Å². The normalized spacial score (nSPS) is 16.5. The Morgan fingerprint density at radius 3 is 2.78 bits per heavy atom. The predicted molar refractivity (Wildman–Crippen MR) is 117 cm³/mol. The minimum atomic E-state index is -0.584. The van der Waals surface area contributed by atoms with Crippen molar-refractivity contribution in [3.63, 3.8) is 0 Å². The number of fused-ring (bicyclic) bond motifs is 1. The average molecular weight is 481 g/mol. The zero-order valence-corrected chi connectivity index (χ0v) is 18.9. The number of ether oxygens (including phenoxy) is 4. The van der Waals surface area contributed by atoms with E-state index in [1.807, 2.05) is 0 Å². The van der Waals surface area contributed by atoms with Crippen LogP contribution in [0.15, 0.2) is 16.9 Å². The molecule has 170 valence electrons. The smallest absolute Gasteiger partial charge is 0.333 e. The van der Waals surface area contributed by atoms with Gasteiger partial charge in [-0.25, -0.2) is 4.79 Å². The molecule has 4 rings (SSSR count). The molecule has 0 N–H and O–H groups in total. The fraction of sp³-hybridized carbons (Fsp3) is 0.381. The number of aromatic nitrogens is 1. The summed E-state index contributed by atoms with van der Waals surface area (Å²) in [6.07, 6.45) is 2.87. The molecule has 0 spiro atoms. The molecular weight excluding hydrogens is 460 g/mol. The van der Waals surface area contributed by atoms with Gasteiger partial charge in [0.25, 0.3) is 5.56 Å². The molecule has 0 bridgehead atoms. The zero-order chi connectivity index (χ0) is 22.7. The Morgan fingerprint density at radius 2 is 2.03 bits per heavy atom. The van der Waals surface area contributed by atoms with Crippen molar-refractivity contribution in [3.05, 3.63) is 42.3 Å². The Morgan fingerprint density at radius 1 is 1.25 bits per heavy atom. The van der Waals surface area contributed by atoms with Crippen LogP contribution in [-0.2, 0) is 25.6 Å². The van der Waals surface area contributed by atoms with Crippen LogP contribution in [-0.4, -0.2) is 61.0 Å². The number of esters is 1. The molecule has 0 atom stereocenters. The second-order valence-electron chi connectivity index (χ2n) is 6.97. The van der Waals surface area contributed by atoms with E-state index in [-0.39, 0.29) is 31.4 Å². The van der Waals surface area contributed by atoms with Gasteiger partial charge in [-0.3, -0.25) is 14.2 Å². The fourth-order valence-corrected chi connectivity index (χ4v) is 4.65. The Bertz CT molecular complexity index is 1210. The highest BCUT2D eigenvalue weighted by atomic mass is 35.5. The number of rotatable bonds is 5. The summed E-state index contributed by atoms with van der Waals surface area (Å²) >= 11 is 7.33. The van der Waals surface area contributed by atoms with Gasteiger partial charge in [0.05, 0.1) is 35.5 Å². The number of benzene rings is 1. The summed E-state index contributed by atoms with van der Waals surface area (Å²) in [6, 6.07) is 3.37. The van der Waals surface area contributed by atoms with Crippen molar-refractivity contribution in [1.82, 2.24) is 9.47 Å². The molecule has 2 aromatic rings. The summed E-state index contributed by atoms with van der Waals surface area (Å²) in [5.41, 5.74) is 0.243. The molecule has 9 nitrogen and oxygen atoms in total. The van der Waals surface area contributed by atoms with Crippen molar-refractivity contribution in [3.8, 4) is 11.5 Å². The molecule has 0 aliphatic carbocycles. The van der Waals surface area contributed by atoms with Gasteiger partial charge in [0, 0.05) is 13.1 Å². The van der Waals surface area contributed by atoms with Gasteiger partial charge in [-0.1, -0.05) is 11.6 Å². The van der Waals surface area contributed by atoms with E-state index in [9.17, 15) is 14.4 Å². The number of hydrogen-bond acceptors (Lipinski definition) is 8. The van der Waals surface area contributed by atoms with Crippen LogP contribution in [0.4, 0.5) is 0 Å². The maximum Gasteiger partial charge on any atom is 0.333 e. The van der Waals surface area contributed by atoms with Crippen molar-refractivity contribution in [2.75, 3.05) is 39.7 Å². The number of amides is 1. The lowest BCUT2D eigenvalue weighted by Gasteiger charge is -2.26. The molecule has 11 heteroatoms. The van der Waals surface area contributed by atoms with E-state index in [1.54, 1.807) is 30.0 Å². The lowest BCUT2D eigenvalue weighted by atomic mass is 10.2. The van der Waals surface area contributed by atoms with E-state index >= 15 is 0 Å². The first-order valence-electron chi connectivity index (χ1n) is 10.0. The molecule has 1 saturated heterocycles. The topological polar surface area (TPSA) is 96.3 Å².